The molecule has 0 aliphatic heterocycles. The molecule has 0 amide bonds. The van der Waals surface area contributed by atoms with Crippen molar-refractivity contribution in [3.8, 4) is 39.4 Å². The molecule has 0 fully saturated rings. The molecule has 0 unspecified atom stereocenters. The molecule has 3 nitrogen and oxygen atoms in total. The Morgan fingerprint density at radius 1 is 0.520 bits per heavy atom. The van der Waals surface area contributed by atoms with Gasteiger partial charge >= 0.3 is 0 Å². The first kappa shape index (κ1) is 15.1. The summed E-state index contributed by atoms with van der Waals surface area (Å²) in [6.45, 7) is 0. The predicted molar refractivity (Wildman–Crippen MR) is 100.0 cm³/mol. The van der Waals surface area contributed by atoms with E-state index < -0.39 is 0 Å². The van der Waals surface area contributed by atoms with Crippen LogP contribution in [0.5, 0.6) is 11.5 Å². The third-order valence-corrected chi connectivity index (χ3v) is 4.24. The first-order chi connectivity index (χ1) is 12.2. The Labute approximate surface area is 146 Å². The van der Waals surface area contributed by atoms with Gasteiger partial charge in [0.05, 0.1) is 0 Å². The second kappa shape index (κ2) is 6.21. The average Bonchev–Trinajstić information content (AvgIpc) is 3.09. The fraction of sp³-hybridized carbons (Fsp3) is 0. The average molecular weight is 327 g/mol. The van der Waals surface area contributed by atoms with E-state index in [1.807, 2.05) is 42.5 Å². The lowest BCUT2D eigenvalue weighted by Gasteiger charge is -2.05. The molecular formula is C22H17NO2. The number of rotatable bonds is 3. The summed E-state index contributed by atoms with van der Waals surface area (Å²) in [5.41, 5.74) is 5.25. The molecule has 3 heteroatoms. The van der Waals surface area contributed by atoms with Gasteiger partial charge in [-0.1, -0.05) is 42.5 Å². The van der Waals surface area contributed by atoms with Crippen LogP contribution in [0.15, 0.2) is 91.3 Å². The second-order valence-corrected chi connectivity index (χ2v) is 5.92. The lowest BCUT2D eigenvalue weighted by molar-refractivity contribution is 0.475. The van der Waals surface area contributed by atoms with Gasteiger partial charge < -0.3 is 14.8 Å². The molecule has 0 saturated carbocycles. The van der Waals surface area contributed by atoms with Crippen molar-refractivity contribution >= 4 is 0 Å². The molecule has 122 valence electrons. The van der Waals surface area contributed by atoms with E-state index in [0.29, 0.717) is 0 Å². The van der Waals surface area contributed by atoms with Gasteiger partial charge in [0.15, 0.2) is 0 Å². The zero-order valence-electron chi connectivity index (χ0n) is 13.5. The molecule has 1 aromatic heterocycles. The van der Waals surface area contributed by atoms with Crippen molar-refractivity contribution in [3.63, 3.8) is 0 Å². The fourth-order valence-corrected chi connectivity index (χ4v) is 2.95. The lowest BCUT2D eigenvalue weighted by atomic mass is 9.99. The summed E-state index contributed by atoms with van der Waals surface area (Å²) in [6.07, 6.45) is 4.17. The lowest BCUT2D eigenvalue weighted by Crippen LogP contribution is -1.87. The van der Waals surface area contributed by atoms with E-state index in [2.05, 4.69) is 29.1 Å². The van der Waals surface area contributed by atoms with Crippen LogP contribution in [0.2, 0.25) is 0 Å². The number of aromatic hydroxyl groups is 2. The van der Waals surface area contributed by atoms with E-state index in [0.717, 1.165) is 27.9 Å². The SMILES string of the molecule is Oc1ccc(-c2cn(-c3ccccc3)cc2-c2ccc(O)cc2)cc1. The van der Waals surface area contributed by atoms with Crippen LogP contribution in [0, 0.1) is 0 Å². The van der Waals surface area contributed by atoms with Gasteiger partial charge in [0, 0.05) is 29.2 Å². The normalized spacial score (nSPS) is 10.7. The highest BCUT2D eigenvalue weighted by molar-refractivity contribution is 5.84. The maximum absolute atomic E-state index is 9.57. The number of nitrogens with zero attached hydrogens (tertiary/aromatic N) is 1. The minimum Gasteiger partial charge on any atom is -0.508 e. The van der Waals surface area contributed by atoms with Crippen LogP contribution in [0.4, 0.5) is 0 Å². The smallest absolute Gasteiger partial charge is 0.115 e. The van der Waals surface area contributed by atoms with Crippen LogP contribution < -0.4 is 0 Å². The number of hydrogen-bond donors (Lipinski definition) is 2. The number of para-hydroxylation sites is 1. The zero-order valence-corrected chi connectivity index (χ0v) is 13.5. The van der Waals surface area contributed by atoms with Crippen molar-refractivity contribution < 1.29 is 10.2 Å². The Balaban J connectivity index is 1.89. The van der Waals surface area contributed by atoms with Gasteiger partial charge in [0.1, 0.15) is 11.5 Å². The maximum atomic E-state index is 9.57. The van der Waals surface area contributed by atoms with Crippen molar-refractivity contribution in [1.82, 2.24) is 4.57 Å². The van der Waals surface area contributed by atoms with E-state index in [1.165, 1.54) is 0 Å². The number of phenolic OH excluding ortho intramolecular Hbond substituents is 2. The number of phenols is 2. The molecule has 0 spiro atoms. The minimum atomic E-state index is 0.248. The standard InChI is InChI=1S/C22H17NO2/c24-19-10-6-16(7-11-19)21-14-23(18-4-2-1-3-5-18)15-22(21)17-8-12-20(25)13-9-17/h1-15,24-25H. The molecule has 0 radical (unpaired) electrons. The van der Waals surface area contributed by atoms with Crippen molar-refractivity contribution in [3.05, 3.63) is 91.3 Å². The van der Waals surface area contributed by atoms with Crippen LogP contribution in [-0.2, 0) is 0 Å². The van der Waals surface area contributed by atoms with Gasteiger partial charge in [0.2, 0.25) is 0 Å². The summed E-state index contributed by atoms with van der Waals surface area (Å²) >= 11 is 0. The van der Waals surface area contributed by atoms with Crippen LogP contribution in [-0.4, -0.2) is 14.8 Å². The number of hydrogen-bond acceptors (Lipinski definition) is 2. The zero-order chi connectivity index (χ0) is 17.2. The van der Waals surface area contributed by atoms with Gasteiger partial charge in [0.25, 0.3) is 0 Å². The quantitative estimate of drug-likeness (QED) is 0.542. The van der Waals surface area contributed by atoms with Gasteiger partial charge in [-0.3, -0.25) is 0 Å². The molecule has 0 aliphatic rings. The molecule has 4 aromatic rings. The van der Waals surface area contributed by atoms with Crippen molar-refractivity contribution in [2.24, 2.45) is 0 Å². The molecule has 2 N–H and O–H groups in total. The summed E-state index contributed by atoms with van der Waals surface area (Å²) < 4.78 is 2.09. The molecule has 0 saturated heterocycles. The fourth-order valence-electron chi connectivity index (χ4n) is 2.95. The molecule has 25 heavy (non-hydrogen) atoms. The van der Waals surface area contributed by atoms with E-state index in [-0.39, 0.29) is 11.5 Å². The Hall–Kier alpha value is -3.46. The van der Waals surface area contributed by atoms with Crippen molar-refractivity contribution in [2.45, 2.75) is 0 Å². The monoisotopic (exact) mass is 327 g/mol. The van der Waals surface area contributed by atoms with Gasteiger partial charge in [-0.05, 0) is 47.5 Å². The topological polar surface area (TPSA) is 45.4 Å². The highest BCUT2D eigenvalue weighted by atomic mass is 16.3. The molecule has 4 rings (SSSR count). The third-order valence-electron chi connectivity index (χ3n) is 4.24. The van der Waals surface area contributed by atoms with Gasteiger partial charge in [-0.25, -0.2) is 0 Å². The summed E-state index contributed by atoms with van der Waals surface area (Å²) in [5.74, 6) is 0.495. The van der Waals surface area contributed by atoms with Crippen LogP contribution in [0.1, 0.15) is 0 Å². The Bertz CT molecular complexity index is 922. The molecule has 3 aromatic carbocycles. The largest absolute Gasteiger partial charge is 0.508 e. The van der Waals surface area contributed by atoms with Crippen molar-refractivity contribution in [2.75, 3.05) is 0 Å². The van der Waals surface area contributed by atoms with Gasteiger partial charge in [-0.15, -0.1) is 0 Å². The van der Waals surface area contributed by atoms with E-state index in [4.69, 9.17) is 0 Å². The minimum absolute atomic E-state index is 0.248. The van der Waals surface area contributed by atoms with Gasteiger partial charge in [-0.2, -0.15) is 0 Å². The Morgan fingerprint density at radius 3 is 1.40 bits per heavy atom. The molecule has 0 bridgehead atoms. The first-order valence-corrected chi connectivity index (χ1v) is 8.07. The third kappa shape index (κ3) is 3.00. The summed E-state index contributed by atoms with van der Waals surface area (Å²) in [4.78, 5) is 0. The predicted octanol–water partition coefficient (Wildman–Crippen LogP) is 5.22. The van der Waals surface area contributed by atoms with E-state index in [9.17, 15) is 10.2 Å². The second-order valence-electron chi connectivity index (χ2n) is 5.92. The Kier molecular flexibility index (Phi) is 3.75. The molecule has 0 aliphatic carbocycles. The Morgan fingerprint density at radius 2 is 0.960 bits per heavy atom. The maximum Gasteiger partial charge on any atom is 0.115 e. The summed E-state index contributed by atoms with van der Waals surface area (Å²) in [5, 5.41) is 19.1. The number of benzene rings is 3. The summed E-state index contributed by atoms with van der Waals surface area (Å²) in [7, 11) is 0. The highest BCUT2D eigenvalue weighted by Gasteiger charge is 2.12. The first-order valence-electron chi connectivity index (χ1n) is 8.07. The highest BCUT2D eigenvalue weighted by Crippen LogP contribution is 2.35. The van der Waals surface area contributed by atoms with Crippen molar-refractivity contribution in [1.29, 1.82) is 0 Å². The molecule has 1 heterocycles. The van der Waals surface area contributed by atoms with Crippen LogP contribution in [0.3, 0.4) is 0 Å². The molecular weight excluding hydrogens is 310 g/mol. The van der Waals surface area contributed by atoms with E-state index >= 15 is 0 Å². The van der Waals surface area contributed by atoms with Crippen LogP contribution >= 0.6 is 0 Å². The molecule has 0 atom stereocenters. The number of aromatic nitrogens is 1. The summed E-state index contributed by atoms with van der Waals surface area (Å²) in [6, 6.07) is 24.5. The van der Waals surface area contributed by atoms with E-state index in [1.54, 1.807) is 24.3 Å². The van der Waals surface area contributed by atoms with Crippen LogP contribution in [0.25, 0.3) is 27.9 Å².